The van der Waals surface area contributed by atoms with Crippen LogP contribution in [0.1, 0.15) is 96.1 Å². The van der Waals surface area contributed by atoms with E-state index in [0.29, 0.717) is 12.1 Å². The van der Waals surface area contributed by atoms with E-state index in [1.54, 1.807) is 0 Å². The SMILES string of the molecule is CCCCCCCCCCC[C@H]1C=CC[C@H](C)N1[C@@H](CO)c1ccccc1. The number of aliphatic hydroxyl groups excluding tert-OH is 1. The minimum atomic E-state index is 0.106. The summed E-state index contributed by atoms with van der Waals surface area (Å²) in [7, 11) is 0. The maximum atomic E-state index is 10.1. The number of unbranched alkanes of at least 4 members (excludes halogenated alkanes) is 8. The Bertz CT molecular complexity index is 512. The van der Waals surface area contributed by atoms with E-state index in [4.69, 9.17) is 0 Å². The molecule has 0 amide bonds. The Morgan fingerprint density at radius 3 is 2.22 bits per heavy atom. The molecule has 0 saturated carbocycles. The van der Waals surface area contributed by atoms with E-state index in [9.17, 15) is 5.11 Å². The second kappa shape index (κ2) is 13.1. The van der Waals surface area contributed by atoms with Gasteiger partial charge in [0.05, 0.1) is 12.6 Å². The van der Waals surface area contributed by atoms with Crippen LogP contribution < -0.4 is 0 Å². The second-order valence-corrected chi connectivity index (χ2v) is 8.25. The van der Waals surface area contributed by atoms with Gasteiger partial charge in [0.25, 0.3) is 0 Å². The van der Waals surface area contributed by atoms with E-state index in [1.807, 2.05) is 0 Å². The van der Waals surface area contributed by atoms with E-state index in [2.05, 4.69) is 61.2 Å². The van der Waals surface area contributed by atoms with Crippen molar-refractivity contribution in [3.05, 3.63) is 48.0 Å². The van der Waals surface area contributed by atoms with Crippen LogP contribution in [0.25, 0.3) is 0 Å². The van der Waals surface area contributed by atoms with Gasteiger partial charge in [-0.2, -0.15) is 0 Å². The average molecular weight is 372 g/mol. The largest absolute Gasteiger partial charge is 0.394 e. The zero-order valence-electron chi connectivity index (χ0n) is 17.7. The molecule has 0 unspecified atom stereocenters. The van der Waals surface area contributed by atoms with Gasteiger partial charge in [-0.25, -0.2) is 0 Å². The third-order valence-electron chi connectivity index (χ3n) is 6.05. The lowest BCUT2D eigenvalue weighted by atomic mass is 9.93. The minimum Gasteiger partial charge on any atom is -0.394 e. The van der Waals surface area contributed by atoms with Crippen LogP contribution in [-0.4, -0.2) is 28.7 Å². The number of benzene rings is 1. The Kier molecular flexibility index (Phi) is 10.8. The minimum absolute atomic E-state index is 0.106. The van der Waals surface area contributed by atoms with Gasteiger partial charge in [0, 0.05) is 12.1 Å². The molecule has 0 aliphatic carbocycles. The van der Waals surface area contributed by atoms with Gasteiger partial charge >= 0.3 is 0 Å². The molecule has 2 heteroatoms. The molecule has 0 radical (unpaired) electrons. The first-order valence-electron chi connectivity index (χ1n) is 11.4. The fourth-order valence-electron chi connectivity index (χ4n) is 4.48. The highest BCUT2D eigenvalue weighted by Gasteiger charge is 2.31. The molecule has 1 aliphatic heterocycles. The van der Waals surface area contributed by atoms with Crippen LogP contribution in [0.15, 0.2) is 42.5 Å². The number of nitrogens with zero attached hydrogens (tertiary/aromatic N) is 1. The Morgan fingerprint density at radius 1 is 0.963 bits per heavy atom. The van der Waals surface area contributed by atoms with Crippen molar-refractivity contribution in [2.24, 2.45) is 0 Å². The van der Waals surface area contributed by atoms with Crippen molar-refractivity contribution >= 4 is 0 Å². The predicted molar refractivity (Wildman–Crippen MR) is 117 cm³/mol. The van der Waals surface area contributed by atoms with Gasteiger partial charge in [-0.15, -0.1) is 0 Å². The Labute approximate surface area is 167 Å². The highest BCUT2D eigenvalue weighted by molar-refractivity contribution is 5.21. The molecular weight excluding hydrogens is 330 g/mol. The lowest BCUT2D eigenvalue weighted by Gasteiger charge is -2.43. The molecule has 3 atom stereocenters. The van der Waals surface area contributed by atoms with Gasteiger partial charge in [-0.3, -0.25) is 4.90 Å². The van der Waals surface area contributed by atoms with Crippen LogP contribution in [0.2, 0.25) is 0 Å². The van der Waals surface area contributed by atoms with Crippen LogP contribution >= 0.6 is 0 Å². The fourth-order valence-corrected chi connectivity index (χ4v) is 4.48. The Morgan fingerprint density at radius 2 is 1.59 bits per heavy atom. The van der Waals surface area contributed by atoms with Gasteiger partial charge in [-0.1, -0.05) is 107 Å². The maximum absolute atomic E-state index is 10.1. The monoisotopic (exact) mass is 371 g/mol. The van der Waals surface area contributed by atoms with Gasteiger partial charge in [0.2, 0.25) is 0 Å². The molecule has 1 aromatic rings. The molecule has 1 aliphatic rings. The average Bonchev–Trinajstić information content (AvgIpc) is 2.70. The van der Waals surface area contributed by atoms with E-state index >= 15 is 0 Å². The fraction of sp³-hybridized carbons (Fsp3) is 0.680. The lowest BCUT2D eigenvalue weighted by molar-refractivity contribution is 0.0550. The zero-order chi connectivity index (χ0) is 19.3. The summed E-state index contributed by atoms with van der Waals surface area (Å²) in [6.45, 7) is 4.78. The molecule has 2 nitrogen and oxygen atoms in total. The third kappa shape index (κ3) is 7.43. The molecular formula is C25H41NO. The zero-order valence-corrected chi connectivity index (χ0v) is 17.7. The number of hydrogen-bond donors (Lipinski definition) is 1. The van der Waals surface area contributed by atoms with Crippen molar-refractivity contribution in [2.75, 3.05) is 6.61 Å². The summed E-state index contributed by atoms with van der Waals surface area (Å²) in [6, 6.07) is 11.6. The standard InChI is InChI=1S/C25H41NO/c1-3-4-5-6-7-8-9-10-14-19-24-20-15-16-22(2)26(24)25(21-27)23-17-12-11-13-18-23/h11-13,15,17-18,20,22,24-25,27H,3-10,14,16,19,21H2,1-2H3/t22-,24-,25-/m0/s1. The van der Waals surface area contributed by atoms with Crippen LogP contribution in [-0.2, 0) is 0 Å². The van der Waals surface area contributed by atoms with E-state index in [1.165, 1.54) is 69.8 Å². The predicted octanol–water partition coefficient (Wildman–Crippen LogP) is 6.66. The van der Waals surface area contributed by atoms with Crippen molar-refractivity contribution in [1.29, 1.82) is 0 Å². The molecule has 0 fully saturated rings. The van der Waals surface area contributed by atoms with Crippen molar-refractivity contribution in [3.8, 4) is 0 Å². The molecule has 0 bridgehead atoms. The van der Waals surface area contributed by atoms with Crippen LogP contribution in [0.3, 0.4) is 0 Å². The summed E-state index contributed by atoms with van der Waals surface area (Å²) >= 11 is 0. The van der Waals surface area contributed by atoms with E-state index in [-0.39, 0.29) is 12.6 Å². The first-order valence-corrected chi connectivity index (χ1v) is 11.4. The second-order valence-electron chi connectivity index (χ2n) is 8.25. The normalized spacial score (nSPS) is 21.4. The number of aliphatic hydroxyl groups is 1. The first kappa shape index (κ1) is 22.2. The molecule has 0 saturated heterocycles. The molecule has 0 spiro atoms. The quantitative estimate of drug-likeness (QED) is 0.309. The topological polar surface area (TPSA) is 23.5 Å². The molecule has 2 rings (SSSR count). The van der Waals surface area contributed by atoms with Crippen LogP contribution in [0, 0.1) is 0 Å². The lowest BCUT2D eigenvalue weighted by Crippen LogP contribution is -2.46. The van der Waals surface area contributed by atoms with Gasteiger partial charge in [0.15, 0.2) is 0 Å². The van der Waals surface area contributed by atoms with Crippen LogP contribution in [0.5, 0.6) is 0 Å². The maximum Gasteiger partial charge on any atom is 0.0628 e. The summed E-state index contributed by atoms with van der Waals surface area (Å²) < 4.78 is 0. The summed E-state index contributed by atoms with van der Waals surface area (Å²) in [4.78, 5) is 2.56. The molecule has 152 valence electrons. The summed E-state index contributed by atoms with van der Waals surface area (Å²) in [5.41, 5.74) is 1.24. The van der Waals surface area contributed by atoms with E-state index in [0.717, 1.165) is 6.42 Å². The summed E-state index contributed by atoms with van der Waals surface area (Å²) in [6.07, 6.45) is 19.4. The highest BCUT2D eigenvalue weighted by atomic mass is 16.3. The highest BCUT2D eigenvalue weighted by Crippen LogP contribution is 2.31. The van der Waals surface area contributed by atoms with Gasteiger partial charge in [0.1, 0.15) is 0 Å². The Balaban J connectivity index is 1.79. The summed E-state index contributed by atoms with van der Waals surface area (Å²) in [5.74, 6) is 0. The van der Waals surface area contributed by atoms with Crippen molar-refractivity contribution < 1.29 is 5.11 Å². The third-order valence-corrected chi connectivity index (χ3v) is 6.05. The van der Waals surface area contributed by atoms with Gasteiger partial charge < -0.3 is 5.11 Å². The van der Waals surface area contributed by atoms with Gasteiger partial charge in [-0.05, 0) is 25.3 Å². The first-order chi connectivity index (χ1) is 13.3. The number of rotatable bonds is 13. The van der Waals surface area contributed by atoms with Crippen LogP contribution in [0.4, 0.5) is 0 Å². The molecule has 1 heterocycles. The molecule has 0 aromatic heterocycles. The van der Waals surface area contributed by atoms with E-state index < -0.39 is 0 Å². The van der Waals surface area contributed by atoms with Crippen molar-refractivity contribution in [1.82, 2.24) is 4.90 Å². The number of hydrogen-bond acceptors (Lipinski definition) is 2. The Hall–Kier alpha value is -1.12. The smallest absolute Gasteiger partial charge is 0.0628 e. The molecule has 1 aromatic carbocycles. The summed E-state index contributed by atoms with van der Waals surface area (Å²) in [5, 5.41) is 10.1. The molecule has 27 heavy (non-hydrogen) atoms. The van der Waals surface area contributed by atoms with Crippen molar-refractivity contribution in [3.63, 3.8) is 0 Å². The molecule has 1 N–H and O–H groups in total. The van der Waals surface area contributed by atoms with Crippen molar-refractivity contribution in [2.45, 2.75) is 103 Å².